The van der Waals surface area contributed by atoms with Crippen molar-refractivity contribution in [1.82, 2.24) is 9.21 Å². The first-order valence-electron chi connectivity index (χ1n) is 6.90. The van der Waals surface area contributed by atoms with Crippen LogP contribution >= 0.6 is 0 Å². The van der Waals surface area contributed by atoms with Gasteiger partial charge in [0.1, 0.15) is 11.0 Å². The average molecular weight is 308 g/mol. The topological polar surface area (TPSA) is 90.4 Å². The zero-order chi connectivity index (χ0) is 15.6. The maximum absolute atomic E-state index is 12.7. The van der Waals surface area contributed by atoms with Crippen LogP contribution in [0.15, 0.2) is 23.1 Å². The van der Waals surface area contributed by atoms with Gasteiger partial charge >= 0.3 is 0 Å². The van der Waals surface area contributed by atoms with Crippen LogP contribution in [0.5, 0.6) is 0 Å². The third-order valence-electron chi connectivity index (χ3n) is 3.75. The van der Waals surface area contributed by atoms with E-state index in [2.05, 4.69) is 18.7 Å². The Labute approximate surface area is 125 Å². The number of rotatable bonds is 3. The minimum atomic E-state index is -3.64. The van der Waals surface area contributed by atoms with Gasteiger partial charge in [-0.05, 0) is 32.0 Å². The van der Waals surface area contributed by atoms with Crippen molar-refractivity contribution in [1.29, 1.82) is 5.26 Å². The van der Waals surface area contributed by atoms with Gasteiger partial charge < -0.3 is 5.73 Å². The molecule has 0 aromatic heterocycles. The van der Waals surface area contributed by atoms with Gasteiger partial charge in [0.2, 0.25) is 10.0 Å². The van der Waals surface area contributed by atoms with Gasteiger partial charge in [0, 0.05) is 37.9 Å². The van der Waals surface area contributed by atoms with Crippen LogP contribution < -0.4 is 5.73 Å². The van der Waals surface area contributed by atoms with Crippen LogP contribution in [0.1, 0.15) is 19.4 Å². The van der Waals surface area contributed by atoms with E-state index in [0.717, 1.165) is 0 Å². The van der Waals surface area contributed by atoms with Gasteiger partial charge in [-0.15, -0.1) is 0 Å². The Bertz CT molecular complexity index is 656. The van der Waals surface area contributed by atoms with Crippen molar-refractivity contribution in [3.63, 3.8) is 0 Å². The van der Waals surface area contributed by atoms with E-state index in [1.807, 2.05) is 6.07 Å². The summed E-state index contributed by atoms with van der Waals surface area (Å²) in [7, 11) is -3.64. The number of piperazine rings is 1. The summed E-state index contributed by atoms with van der Waals surface area (Å²) in [6.45, 7) is 6.48. The standard InChI is InChI=1S/C14H20N4O2S/c1-11(2)17-5-7-18(8-6-17)21(19,20)14-4-3-13(16)9-12(14)10-15/h3-4,9,11H,5-8,16H2,1-2H3. The highest BCUT2D eigenvalue weighted by Crippen LogP contribution is 2.23. The maximum atomic E-state index is 12.7. The molecule has 114 valence electrons. The average Bonchev–Trinajstić information content (AvgIpc) is 2.46. The van der Waals surface area contributed by atoms with Crippen LogP contribution in [0.4, 0.5) is 5.69 Å². The molecule has 1 aliphatic rings. The van der Waals surface area contributed by atoms with Crippen molar-refractivity contribution < 1.29 is 8.42 Å². The van der Waals surface area contributed by atoms with E-state index in [9.17, 15) is 8.42 Å². The maximum Gasteiger partial charge on any atom is 0.244 e. The summed E-state index contributed by atoms with van der Waals surface area (Å²) in [6, 6.07) is 6.64. The third-order valence-corrected chi connectivity index (χ3v) is 5.70. The first-order valence-corrected chi connectivity index (χ1v) is 8.34. The number of nitrogens with zero attached hydrogens (tertiary/aromatic N) is 3. The molecule has 2 rings (SSSR count). The van der Waals surface area contributed by atoms with Crippen molar-refractivity contribution in [2.45, 2.75) is 24.8 Å². The molecule has 0 unspecified atom stereocenters. The summed E-state index contributed by atoms with van der Waals surface area (Å²) in [6.07, 6.45) is 0. The van der Waals surface area contributed by atoms with Crippen molar-refractivity contribution in [3.8, 4) is 6.07 Å². The molecule has 7 heteroatoms. The number of nitrogen functional groups attached to an aromatic ring is 1. The SMILES string of the molecule is CC(C)N1CCN(S(=O)(=O)c2ccc(N)cc2C#N)CC1. The molecule has 1 aromatic carbocycles. The first-order chi connectivity index (χ1) is 9.86. The van der Waals surface area contributed by atoms with Crippen LogP contribution in [0.3, 0.4) is 0 Å². The molecule has 0 aliphatic carbocycles. The molecule has 1 saturated heterocycles. The van der Waals surface area contributed by atoms with Crippen molar-refractivity contribution in [2.24, 2.45) is 0 Å². The number of nitrogens with two attached hydrogens (primary N) is 1. The Hall–Kier alpha value is -1.62. The fraction of sp³-hybridized carbons (Fsp3) is 0.500. The van der Waals surface area contributed by atoms with Crippen LogP contribution in [-0.4, -0.2) is 49.8 Å². The number of sulfonamides is 1. The van der Waals surface area contributed by atoms with E-state index < -0.39 is 10.0 Å². The highest BCUT2D eigenvalue weighted by Gasteiger charge is 2.30. The van der Waals surface area contributed by atoms with Gasteiger partial charge in [-0.3, -0.25) is 4.90 Å². The second kappa shape index (κ2) is 6.02. The number of nitriles is 1. The van der Waals surface area contributed by atoms with Gasteiger partial charge in [0.15, 0.2) is 0 Å². The van der Waals surface area contributed by atoms with E-state index in [1.54, 1.807) is 0 Å². The molecule has 0 atom stereocenters. The van der Waals surface area contributed by atoms with Crippen LogP contribution in [-0.2, 0) is 10.0 Å². The minimum absolute atomic E-state index is 0.0391. The van der Waals surface area contributed by atoms with E-state index >= 15 is 0 Å². The summed E-state index contributed by atoms with van der Waals surface area (Å²) in [5.41, 5.74) is 6.09. The molecular weight excluding hydrogens is 288 g/mol. The Morgan fingerprint density at radius 3 is 2.38 bits per heavy atom. The van der Waals surface area contributed by atoms with Gasteiger partial charge in [0.05, 0.1) is 5.56 Å². The lowest BCUT2D eigenvalue weighted by Gasteiger charge is -2.36. The molecular formula is C14H20N4O2S. The van der Waals surface area contributed by atoms with Crippen molar-refractivity contribution in [2.75, 3.05) is 31.9 Å². The molecule has 1 fully saturated rings. The lowest BCUT2D eigenvalue weighted by Crippen LogP contribution is -2.50. The Morgan fingerprint density at radius 2 is 1.86 bits per heavy atom. The summed E-state index contributed by atoms with van der Waals surface area (Å²) in [4.78, 5) is 2.28. The normalized spacial score (nSPS) is 17.8. The highest BCUT2D eigenvalue weighted by molar-refractivity contribution is 7.89. The zero-order valence-electron chi connectivity index (χ0n) is 12.3. The van der Waals surface area contributed by atoms with Crippen LogP contribution in [0.25, 0.3) is 0 Å². The van der Waals surface area contributed by atoms with E-state index in [0.29, 0.717) is 37.9 Å². The molecule has 21 heavy (non-hydrogen) atoms. The predicted octanol–water partition coefficient (Wildman–Crippen LogP) is 0.855. The first kappa shape index (κ1) is 15.8. The monoisotopic (exact) mass is 308 g/mol. The quantitative estimate of drug-likeness (QED) is 0.836. The smallest absolute Gasteiger partial charge is 0.244 e. The third kappa shape index (κ3) is 3.18. The van der Waals surface area contributed by atoms with Gasteiger partial charge in [-0.1, -0.05) is 0 Å². The van der Waals surface area contributed by atoms with Crippen molar-refractivity contribution in [3.05, 3.63) is 23.8 Å². The predicted molar refractivity (Wildman–Crippen MR) is 81.0 cm³/mol. The van der Waals surface area contributed by atoms with E-state index in [4.69, 9.17) is 11.0 Å². The fourth-order valence-corrected chi connectivity index (χ4v) is 4.00. The Morgan fingerprint density at radius 1 is 1.24 bits per heavy atom. The van der Waals surface area contributed by atoms with Gasteiger partial charge in [0.25, 0.3) is 0 Å². The van der Waals surface area contributed by atoms with Crippen molar-refractivity contribution >= 4 is 15.7 Å². The molecule has 1 aromatic rings. The molecule has 0 bridgehead atoms. The molecule has 6 nitrogen and oxygen atoms in total. The molecule has 0 amide bonds. The van der Waals surface area contributed by atoms with Crippen LogP contribution in [0, 0.1) is 11.3 Å². The summed E-state index contributed by atoms with van der Waals surface area (Å²) < 4.78 is 26.8. The lowest BCUT2D eigenvalue weighted by atomic mass is 10.2. The highest BCUT2D eigenvalue weighted by atomic mass is 32.2. The zero-order valence-corrected chi connectivity index (χ0v) is 13.1. The number of benzene rings is 1. The van der Waals surface area contributed by atoms with Gasteiger partial charge in [-0.25, -0.2) is 8.42 Å². The Balaban J connectivity index is 2.26. The molecule has 1 aliphatic heterocycles. The summed E-state index contributed by atoms with van der Waals surface area (Å²) in [5.74, 6) is 0. The lowest BCUT2D eigenvalue weighted by molar-refractivity contribution is 0.154. The molecule has 0 saturated carbocycles. The molecule has 0 spiro atoms. The van der Waals surface area contributed by atoms with Crippen LogP contribution in [0.2, 0.25) is 0 Å². The summed E-state index contributed by atoms with van der Waals surface area (Å²) >= 11 is 0. The molecule has 2 N–H and O–H groups in total. The number of hydrogen-bond donors (Lipinski definition) is 1. The largest absolute Gasteiger partial charge is 0.399 e. The number of anilines is 1. The second-order valence-electron chi connectivity index (χ2n) is 5.40. The molecule has 0 radical (unpaired) electrons. The minimum Gasteiger partial charge on any atom is -0.399 e. The van der Waals surface area contributed by atoms with Gasteiger partial charge in [-0.2, -0.15) is 9.57 Å². The van der Waals surface area contributed by atoms with E-state index in [-0.39, 0.29) is 10.5 Å². The van der Waals surface area contributed by atoms with E-state index in [1.165, 1.54) is 22.5 Å². The molecule has 1 heterocycles. The number of hydrogen-bond acceptors (Lipinski definition) is 5. The summed E-state index contributed by atoms with van der Waals surface area (Å²) in [5, 5.41) is 9.12. The second-order valence-corrected chi connectivity index (χ2v) is 7.31. The Kier molecular flexibility index (Phi) is 4.52. The fourth-order valence-electron chi connectivity index (χ4n) is 2.46.